The van der Waals surface area contributed by atoms with E-state index in [0.717, 1.165) is 31.5 Å². The van der Waals surface area contributed by atoms with Gasteiger partial charge in [0.25, 0.3) is 0 Å². The number of nitrogens with one attached hydrogen (secondary N) is 1. The third-order valence-corrected chi connectivity index (χ3v) is 6.65. The highest BCUT2D eigenvalue weighted by Gasteiger charge is 2.27. The van der Waals surface area contributed by atoms with Crippen LogP contribution < -0.4 is 5.32 Å². The van der Waals surface area contributed by atoms with E-state index in [2.05, 4.69) is 35.7 Å². The molecule has 1 unspecified atom stereocenters. The van der Waals surface area contributed by atoms with E-state index in [9.17, 15) is 9.59 Å². The van der Waals surface area contributed by atoms with Gasteiger partial charge < -0.3 is 15.1 Å². The summed E-state index contributed by atoms with van der Waals surface area (Å²) in [6, 6.07) is 14.5. The molecule has 0 aromatic heterocycles. The number of fused-ring (bicyclic) bond motifs is 2. The maximum absolute atomic E-state index is 12.6. The molecule has 2 aromatic carbocycles. The van der Waals surface area contributed by atoms with E-state index in [1.54, 1.807) is 4.90 Å². The molecular formula is C26H33N3O2. The molecule has 3 amide bonds. The second-order valence-electron chi connectivity index (χ2n) is 8.84. The molecule has 0 bridgehead atoms. The first-order valence-corrected chi connectivity index (χ1v) is 11.5. The molecule has 1 aliphatic carbocycles. The van der Waals surface area contributed by atoms with E-state index < -0.39 is 0 Å². The molecule has 1 heterocycles. The third kappa shape index (κ3) is 5.27. The van der Waals surface area contributed by atoms with Gasteiger partial charge in [0.2, 0.25) is 5.91 Å². The molecule has 4 rings (SSSR count). The van der Waals surface area contributed by atoms with Gasteiger partial charge in [0.1, 0.15) is 0 Å². The lowest BCUT2D eigenvalue weighted by Crippen LogP contribution is -2.46. The van der Waals surface area contributed by atoms with Crippen LogP contribution in [0.5, 0.6) is 0 Å². The summed E-state index contributed by atoms with van der Waals surface area (Å²) in [5, 5.41) is 5.39. The molecule has 2 aromatic rings. The van der Waals surface area contributed by atoms with Crippen LogP contribution in [-0.2, 0) is 11.3 Å². The van der Waals surface area contributed by atoms with Gasteiger partial charge in [0.05, 0.1) is 0 Å². The van der Waals surface area contributed by atoms with Crippen molar-refractivity contribution >= 4 is 22.7 Å². The Bertz CT molecular complexity index is 963. The summed E-state index contributed by atoms with van der Waals surface area (Å²) in [5.74, 6) is 0.794. The number of nitrogens with zero attached hydrogens (tertiary/aromatic N) is 2. The first kappa shape index (κ1) is 21.4. The molecule has 1 atom stereocenters. The van der Waals surface area contributed by atoms with Crippen molar-refractivity contribution in [3.63, 3.8) is 0 Å². The lowest BCUT2D eigenvalue weighted by molar-refractivity contribution is -0.130. The molecule has 31 heavy (non-hydrogen) atoms. The van der Waals surface area contributed by atoms with Crippen molar-refractivity contribution in [1.29, 1.82) is 0 Å². The summed E-state index contributed by atoms with van der Waals surface area (Å²) in [4.78, 5) is 28.8. The highest BCUT2D eigenvalue weighted by Crippen LogP contribution is 2.31. The number of urea groups is 1. The molecule has 0 spiro atoms. The molecule has 5 nitrogen and oxygen atoms in total. The van der Waals surface area contributed by atoms with Gasteiger partial charge in [0, 0.05) is 39.6 Å². The summed E-state index contributed by atoms with van der Waals surface area (Å²) in [7, 11) is 1.85. The molecule has 0 saturated carbocycles. The van der Waals surface area contributed by atoms with Crippen molar-refractivity contribution in [3.8, 4) is 0 Å². The Morgan fingerprint density at radius 3 is 2.87 bits per heavy atom. The van der Waals surface area contributed by atoms with Crippen molar-refractivity contribution < 1.29 is 9.59 Å². The van der Waals surface area contributed by atoms with E-state index in [4.69, 9.17) is 0 Å². The number of benzene rings is 2. The molecule has 2 aliphatic rings. The average Bonchev–Trinajstić information content (AvgIpc) is 2.81. The van der Waals surface area contributed by atoms with Crippen LogP contribution in [0.15, 0.2) is 54.1 Å². The van der Waals surface area contributed by atoms with Gasteiger partial charge in [0.15, 0.2) is 0 Å². The van der Waals surface area contributed by atoms with Gasteiger partial charge >= 0.3 is 6.03 Å². The van der Waals surface area contributed by atoms with E-state index in [1.165, 1.54) is 29.2 Å². The lowest BCUT2D eigenvalue weighted by Gasteiger charge is -2.36. The van der Waals surface area contributed by atoms with Crippen molar-refractivity contribution in [3.05, 3.63) is 59.7 Å². The van der Waals surface area contributed by atoms with E-state index in [-0.39, 0.29) is 11.9 Å². The number of carbonyl (C=O) groups excluding carboxylic acids is 2. The number of amides is 3. The Labute approximate surface area is 185 Å². The van der Waals surface area contributed by atoms with Crippen LogP contribution >= 0.6 is 0 Å². The van der Waals surface area contributed by atoms with Gasteiger partial charge in [-0.05, 0) is 54.4 Å². The van der Waals surface area contributed by atoms with Crippen LogP contribution in [0.1, 0.15) is 44.1 Å². The summed E-state index contributed by atoms with van der Waals surface area (Å²) in [6.07, 6.45) is 8.21. The molecule has 0 radical (unpaired) electrons. The number of likely N-dealkylation sites (tertiary alicyclic amines) is 1. The Balaban J connectivity index is 1.20. The third-order valence-electron chi connectivity index (χ3n) is 6.65. The molecule has 1 saturated heterocycles. The number of rotatable bonds is 6. The quantitative estimate of drug-likeness (QED) is 0.544. The fourth-order valence-corrected chi connectivity index (χ4v) is 4.82. The van der Waals surface area contributed by atoms with E-state index in [0.29, 0.717) is 31.8 Å². The maximum Gasteiger partial charge on any atom is 0.317 e. The smallest absolute Gasteiger partial charge is 0.317 e. The Morgan fingerprint density at radius 2 is 1.97 bits per heavy atom. The van der Waals surface area contributed by atoms with Crippen LogP contribution in [0.4, 0.5) is 4.79 Å². The maximum atomic E-state index is 12.6. The fraction of sp³-hybridized carbons (Fsp3) is 0.462. The van der Waals surface area contributed by atoms with Gasteiger partial charge in [-0.2, -0.15) is 0 Å². The predicted octanol–water partition coefficient (Wildman–Crippen LogP) is 4.72. The fourth-order valence-electron chi connectivity index (χ4n) is 4.82. The van der Waals surface area contributed by atoms with Crippen LogP contribution in [-0.4, -0.2) is 48.4 Å². The standard InChI is InChI=1S/C26H33N3O2/c1-28(18-23-12-6-11-21-9-4-5-13-24(21)23)25(30)14-7-16-27-26(31)29-17-15-20-8-2-3-10-22(20)19-29/h4-6,9-13,20H,2-3,7-8,14-19H2,1H3,(H,27,31). The van der Waals surface area contributed by atoms with Crippen LogP contribution in [0.3, 0.4) is 0 Å². The summed E-state index contributed by atoms with van der Waals surface area (Å²) >= 11 is 0. The molecule has 1 aliphatic heterocycles. The molecular weight excluding hydrogens is 386 g/mol. The normalized spacial score (nSPS) is 18.3. The minimum atomic E-state index is 0.00137. The predicted molar refractivity (Wildman–Crippen MR) is 125 cm³/mol. The molecule has 1 N–H and O–H groups in total. The zero-order valence-electron chi connectivity index (χ0n) is 18.5. The molecule has 164 valence electrons. The number of hydrogen-bond acceptors (Lipinski definition) is 2. The van der Waals surface area contributed by atoms with E-state index >= 15 is 0 Å². The van der Waals surface area contributed by atoms with Gasteiger partial charge in [-0.3, -0.25) is 4.79 Å². The first-order chi connectivity index (χ1) is 15.1. The van der Waals surface area contributed by atoms with E-state index in [1.807, 2.05) is 30.1 Å². The SMILES string of the molecule is CN(Cc1cccc2ccccc12)C(=O)CCCNC(=O)N1CCC2CCCC=C2C1. The monoisotopic (exact) mass is 419 g/mol. The van der Waals surface area contributed by atoms with Gasteiger partial charge in [-0.1, -0.05) is 54.1 Å². The topological polar surface area (TPSA) is 52.7 Å². The van der Waals surface area contributed by atoms with Crippen molar-refractivity contribution in [1.82, 2.24) is 15.1 Å². The first-order valence-electron chi connectivity index (χ1n) is 11.5. The second-order valence-corrected chi connectivity index (χ2v) is 8.84. The van der Waals surface area contributed by atoms with Crippen LogP contribution in [0.2, 0.25) is 0 Å². The lowest BCUT2D eigenvalue weighted by atomic mass is 9.82. The highest BCUT2D eigenvalue weighted by atomic mass is 16.2. The number of hydrogen-bond donors (Lipinski definition) is 1. The number of carbonyl (C=O) groups is 2. The molecule has 5 heteroatoms. The average molecular weight is 420 g/mol. The largest absolute Gasteiger partial charge is 0.341 e. The summed E-state index contributed by atoms with van der Waals surface area (Å²) in [5.41, 5.74) is 2.60. The zero-order valence-corrected chi connectivity index (χ0v) is 18.5. The minimum Gasteiger partial charge on any atom is -0.341 e. The highest BCUT2D eigenvalue weighted by molar-refractivity contribution is 5.86. The second kappa shape index (κ2) is 9.99. The number of piperidine rings is 1. The summed E-state index contributed by atoms with van der Waals surface area (Å²) in [6.45, 7) is 2.73. The van der Waals surface area contributed by atoms with Crippen LogP contribution in [0, 0.1) is 5.92 Å². The zero-order chi connectivity index (χ0) is 21.6. The Kier molecular flexibility index (Phi) is 6.90. The van der Waals surface area contributed by atoms with Crippen molar-refractivity contribution in [2.75, 3.05) is 26.7 Å². The molecule has 1 fully saturated rings. The minimum absolute atomic E-state index is 0.00137. The van der Waals surface area contributed by atoms with Gasteiger partial charge in [-0.15, -0.1) is 0 Å². The van der Waals surface area contributed by atoms with Crippen LogP contribution in [0.25, 0.3) is 10.8 Å². The van der Waals surface area contributed by atoms with Gasteiger partial charge in [-0.25, -0.2) is 4.79 Å². The van der Waals surface area contributed by atoms with Crippen molar-refractivity contribution in [2.45, 2.75) is 45.1 Å². The number of allylic oxidation sites excluding steroid dienone is 1. The summed E-state index contributed by atoms with van der Waals surface area (Å²) < 4.78 is 0. The van der Waals surface area contributed by atoms with Crippen molar-refractivity contribution in [2.24, 2.45) is 5.92 Å². The Morgan fingerprint density at radius 1 is 1.13 bits per heavy atom. The Hall–Kier alpha value is -2.82.